The highest BCUT2D eigenvalue weighted by Crippen LogP contribution is 2.45. The predicted molar refractivity (Wildman–Crippen MR) is 82.6 cm³/mol. The topological polar surface area (TPSA) is 24.8 Å². The van der Waals surface area contributed by atoms with E-state index in [2.05, 4.69) is 36.3 Å². The molecule has 0 amide bonds. The summed E-state index contributed by atoms with van der Waals surface area (Å²) in [6.45, 7) is 9.47. The lowest BCUT2D eigenvalue weighted by molar-refractivity contribution is 0.390. The fourth-order valence-corrected chi connectivity index (χ4v) is 3.35. The Bertz CT molecular complexity index is 608. The first-order valence-corrected chi connectivity index (χ1v) is 7.01. The van der Waals surface area contributed by atoms with Crippen LogP contribution in [0.4, 0.5) is 0 Å². The second kappa shape index (κ2) is 5.08. The van der Waals surface area contributed by atoms with Crippen molar-refractivity contribution in [1.82, 2.24) is 4.90 Å². The molecule has 0 spiro atoms. The second-order valence-electron chi connectivity index (χ2n) is 5.33. The summed E-state index contributed by atoms with van der Waals surface area (Å²) >= 11 is 6.09. The van der Waals surface area contributed by atoms with Crippen LogP contribution in [0, 0.1) is 5.92 Å². The van der Waals surface area contributed by atoms with Gasteiger partial charge in [0.25, 0.3) is 0 Å². The summed E-state index contributed by atoms with van der Waals surface area (Å²) in [6, 6.07) is 5.84. The predicted octanol–water partition coefficient (Wildman–Crippen LogP) is 3.48. The zero-order valence-electron chi connectivity index (χ0n) is 11.5. The van der Waals surface area contributed by atoms with Crippen LogP contribution >= 0.6 is 11.6 Å². The number of rotatable bonds is 2. The van der Waals surface area contributed by atoms with Crippen molar-refractivity contribution in [3.05, 3.63) is 52.9 Å². The summed E-state index contributed by atoms with van der Waals surface area (Å²) in [7, 11) is 2.12. The van der Waals surface area contributed by atoms with Gasteiger partial charge in [0.15, 0.2) is 0 Å². The fourth-order valence-electron chi connectivity index (χ4n) is 3.19. The molecule has 0 saturated carbocycles. The maximum atomic E-state index is 6.09. The van der Waals surface area contributed by atoms with E-state index in [9.17, 15) is 0 Å². The van der Waals surface area contributed by atoms with Crippen LogP contribution in [0.15, 0.2) is 47.3 Å². The second-order valence-corrected chi connectivity index (χ2v) is 5.77. The van der Waals surface area contributed by atoms with Crippen molar-refractivity contribution in [3.63, 3.8) is 0 Å². The third kappa shape index (κ3) is 2.07. The number of likely N-dealkylation sites (tertiary alicyclic amines) is 1. The Morgan fingerprint density at radius 2 is 2.15 bits per heavy atom. The quantitative estimate of drug-likeness (QED) is 0.779. The third-order valence-corrected chi connectivity index (χ3v) is 4.29. The molecule has 104 valence electrons. The zero-order valence-corrected chi connectivity index (χ0v) is 12.2. The summed E-state index contributed by atoms with van der Waals surface area (Å²) in [5, 5.41) is 0.671. The molecule has 2 atom stereocenters. The van der Waals surface area contributed by atoms with Crippen LogP contribution in [-0.2, 0) is 0 Å². The molecule has 0 radical (unpaired) electrons. The molecule has 20 heavy (non-hydrogen) atoms. The van der Waals surface area contributed by atoms with Crippen molar-refractivity contribution in [2.24, 2.45) is 10.9 Å². The van der Waals surface area contributed by atoms with E-state index in [0.29, 0.717) is 16.7 Å². The molecule has 0 aromatic heterocycles. The summed E-state index contributed by atoms with van der Waals surface area (Å²) in [5.74, 6) is 2.13. The molecule has 0 bridgehead atoms. The number of likely N-dealkylation sites (N-methyl/N-ethyl adjacent to an activating group) is 1. The van der Waals surface area contributed by atoms with Gasteiger partial charge in [0.2, 0.25) is 0 Å². The van der Waals surface area contributed by atoms with Crippen LogP contribution in [-0.4, -0.2) is 31.8 Å². The highest BCUT2D eigenvalue weighted by molar-refractivity contribution is 6.30. The number of benzene rings is 1. The highest BCUT2D eigenvalue weighted by atomic mass is 35.5. The van der Waals surface area contributed by atoms with E-state index in [1.807, 2.05) is 12.1 Å². The number of halogens is 1. The van der Waals surface area contributed by atoms with Crippen LogP contribution in [0.3, 0.4) is 0 Å². The molecule has 0 unspecified atom stereocenters. The van der Waals surface area contributed by atoms with Gasteiger partial charge in [-0.05, 0) is 37.5 Å². The molecule has 1 aromatic carbocycles. The Morgan fingerprint density at radius 3 is 2.85 bits per heavy atom. The smallest absolute Gasteiger partial charge is 0.148 e. The normalized spacial score (nSPS) is 25.5. The number of allylic oxidation sites excluding steroid dienone is 1. The van der Waals surface area contributed by atoms with Crippen LogP contribution in [0.5, 0.6) is 5.75 Å². The fraction of sp³-hybridized carbons (Fsp3) is 0.312. The van der Waals surface area contributed by atoms with Gasteiger partial charge in [0.05, 0.1) is 5.70 Å². The average molecular weight is 289 g/mol. The maximum Gasteiger partial charge on any atom is 0.148 e. The third-order valence-electron chi connectivity index (χ3n) is 4.06. The van der Waals surface area contributed by atoms with Crippen molar-refractivity contribution in [2.75, 3.05) is 20.1 Å². The van der Waals surface area contributed by atoms with Crippen LogP contribution in [0.1, 0.15) is 11.5 Å². The lowest BCUT2D eigenvalue weighted by Gasteiger charge is -2.17. The molecule has 0 aliphatic carbocycles. The van der Waals surface area contributed by atoms with E-state index in [0.717, 1.165) is 24.5 Å². The standard InChI is InChI=1S/C16H17ClN2O/c1-4-14-16(18-2)13-9-19(3)8-12(13)11-6-5-10(17)7-15(11)20-14/h4-7,12-13H,1-2,8-9H2,3H3/t12-,13+/m1/s1. The Labute approximate surface area is 124 Å². The lowest BCUT2D eigenvalue weighted by atomic mass is 9.86. The molecule has 3 rings (SSSR count). The monoisotopic (exact) mass is 288 g/mol. The summed E-state index contributed by atoms with van der Waals surface area (Å²) in [5.41, 5.74) is 2.07. The van der Waals surface area contributed by atoms with Gasteiger partial charge in [-0.3, -0.25) is 4.99 Å². The Kier molecular flexibility index (Phi) is 3.40. The van der Waals surface area contributed by atoms with Crippen molar-refractivity contribution in [3.8, 4) is 5.75 Å². The first-order chi connectivity index (χ1) is 9.63. The van der Waals surface area contributed by atoms with Crippen molar-refractivity contribution < 1.29 is 4.74 Å². The van der Waals surface area contributed by atoms with Gasteiger partial charge in [0, 0.05) is 29.9 Å². The van der Waals surface area contributed by atoms with Gasteiger partial charge in [-0.15, -0.1) is 0 Å². The first kappa shape index (κ1) is 13.4. The number of ether oxygens (including phenoxy) is 1. The molecule has 0 N–H and O–H groups in total. The minimum Gasteiger partial charge on any atom is -0.455 e. The first-order valence-electron chi connectivity index (χ1n) is 6.63. The van der Waals surface area contributed by atoms with Crippen molar-refractivity contribution >= 4 is 18.3 Å². The van der Waals surface area contributed by atoms with Crippen LogP contribution in [0.2, 0.25) is 5.02 Å². The molecular weight excluding hydrogens is 272 g/mol. The number of aliphatic imine (C=N–C) groups is 1. The molecular formula is C16H17ClN2O. The lowest BCUT2D eigenvalue weighted by Crippen LogP contribution is -2.15. The SMILES string of the molecule is C=CC1=C(N=C)[C@H]2CN(C)C[C@@H]2c2ccc(Cl)cc2O1. The van der Waals surface area contributed by atoms with E-state index in [1.54, 1.807) is 6.08 Å². The Hall–Kier alpha value is -1.58. The molecule has 1 aromatic rings. The Balaban J connectivity index is 2.19. The minimum atomic E-state index is 0.285. The van der Waals surface area contributed by atoms with Crippen molar-refractivity contribution in [2.45, 2.75) is 5.92 Å². The minimum absolute atomic E-state index is 0.285. The molecule has 3 nitrogen and oxygen atoms in total. The largest absolute Gasteiger partial charge is 0.455 e. The van der Waals surface area contributed by atoms with Gasteiger partial charge in [0.1, 0.15) is 11.5 Å². The number of hydrogen-bond donors (Lipinski definition) is 0. The van der Waals surface area contributed by atoms with Crippen LogP contribution in [0.25, 0.3) is 0 Å². The maximum absolute atomic E-state index is 6.09. The molecule has 4 heteroatoms. The zero-order chi connectivity index (χ0) is 14.3. The van der Waals surface area contributed by atoms with Crippen molar-refractivity contribution in [1.29, 1.82) is 0 Å². The summed E-state index contributed by atoms with van der Waals surface area (Å²) < 4.78 is 5.99. The highest BCUT2D eigenvalue weighted by Gasteiger charge is 2.39. The van der Waals surface area contributed by atoms with E-state index in [-0.39, 0.29) is 5.92 Å². The molecule has 1 saturated heterocycles. The van der Waals surface area contributed by atoms with Gasteiger partial charge in [-0.2, -0.15) is 0 Å². The average Bonchev–Trinajstić information content (AvgIpc) is 2.75. The van der Waals surface area contributed by atoms with Gasteiger partial charge in [-0.25, -0.2) is 0 Å². The summed E-state index contributed by atoms with van der Waals surface area (Å²) in [6.07, 6.45) is 1.70. The molecule has 1 fully saturated rings. The van der Waals surface area contributed by atoms with Gasteiger partial charge < -0.3 is 9.64 Å². The number of fused-ring (bicyclic) bond motifs is 3. The van der Waals surface area contributed by atoms with E-state index in [4.69, 9.17) is 16.3 Å². The van der Waals surface area contributed by atoms with Crippen LogP contribution < -0.4 is 4.74 Å². The van der Waals surface area contributed by atoms with Gasteiger partial charge in [-0.1, -0.05) is 24.2 Å². The molecule has 2 aliphatic rings. The van der Waals surface area contributed by atoms with E-state index in [1.165, 1.54) is 5.56 Å². The summed E-state index contributed by atoms with van der Waals surface area (Å²) in [4.78, 5) is 6.53. The van der Waals surface area contributed by atoms with Gasteiger partial charge >= 0.3 is 0 Å². The number of nitrogens with zero attached hydrogens (tertiary/aromatic N) is 2. The molecule has 2 aliphatic heterocycles. The molecule has 2 heterocycles. The van der Waals surface area contributed by atoms with E-state index < -0.39 is 0 Å². The Morgan fingerprint density at radius 1 is 1.40 bits per heavy atom. The van der Waals surface area contributed by atoms with E-state index >= 15 is 0 Å². The number of hydrogen-bond acceptors (Lipinski definition) is 3.